The van der Waals surface area contributed by atoms with Crippen molar-refractivity contribution in [1.29, 1.82) is 0 Å². The third kappa shape index (κ3) is 7.27. The first-order chi connectivity index (χ1) is 12.0. The summed E-state index contributed by atoms with van der Waals surface area (Å²) in [5.41, 5.74) is 3.52. The van der Waals surface area contributed by atoms with E-state index >= 15 is 0 Å². The third-order valence-electron chi connectivity index (χ3n) is 3.69. The van der Waals surface area contributed by atoms with Gasteiger partial charge in [0.2, 0.25) is 0 Å². The van der Waals surface area contributed by atoms with Gasteiger partial charge >= 0.3 is 0 Å². The van der Waals surface area contributed by atoms with Gasteiger partial charge < -0.3 is 19.9 Å². The van der Waals surface area contributed by atoms with Crippen LogP contribution in [0.4, 0.5) is 0 Å². The maximum Gasteiger partial charge on any atom is 0.191 e. The number of rotatable bonds is 7. The minimum atomic E-state index is 0. The van der Waals surface area contributed by atoms with E-state index in [2.05, 4.69) is 59.9 Å². The van der Waals surface area contributed by atoms with E-state index in [1.807, 2.05) is 31.7 Å². The molecule has 0 amide bonds. The molecule has 0 aliphatic carbocycles. The Morgan fingerprint density at radius 1 is 1.23 bits per heavy atom. The number of benzene rings is 1. The number of aryl methyl sites for hydroxylation is 2. The molecule has 5 nitrogen and oxygen atoms in total. The van der Waals surface area contributed by atoms with Gasteiger partial charge in [0.25, 0.3) is 0 Å². The second kappa shape index (κ2) is 11.1. The molecule has 26 heavy (non-hydrogen) atoms. The summed E-state index contributed by atoms with van der Waals surface area (Å²) in [6.07, 6.45) is 4.27. The molecule has 1 heterocycles. The number of nitrogens with zero attached hydrogens (tertiary/aromatic N) is 2. The van der Waals surface area contributed by atoms with E-state index in [4.69, 9.17) is 4.74 Å². The van der Waals surface area contributed by atoms with E-state index in [1.165, 1.54) is 11.1 Å². The maximum atomic E-state index is 5.95. The molecule has 0 atom stereocenters. The van der Waals surface area contributed by atoms with Crippen LogP contribution in [-0.2, 0) is 20.1 Å². The molecule has 0 saturated heterocycles. The van der Waals surface area contributed by atoms with E-state index in [0.717, 1.165) is 23.8 Å². The van der Waals surface area contributed by atoms with Crippen molar-refractivity contribution in [3.05, 3.63) is 53.3 Å². The zero-order valence-corrected chi connectivity index (χ0v) is 18.7. The van der Waals surface area contributed by atoms with Gasteiger partial charge in [0, 0.05) is 38.1 Å². The van der Waals surface area contributed by atoms with Gasteiger partial charge in [-0.15, -0.1) is 24.0 Å². The smallest absolute Gasteiger partial charge is 0.191 e. The van der Waals surface area contributed by atoms with Crippen LogP contribution in [0.25, 0.3) is 0 Å². The highest BCUT2D eigenvalue weighted by Crippen LogP contribution is 2.21. The molecule has 2 N–H and O–H groups in total. The number of guanidine groups is 1. The van der Waals surface area contributed by atoms with Crippen LogP contribution in [0.5, 0.6) is 5.75 Å². The Balaban J connectivity index is 0.00000338. The van der Waals surface area contributed by atoms with Crippen LogP contribution in [-0.4, -0.2) is 23.2 Å². The van der Waals surface area contributed by atoms with E-state index in [0.29, 0.717) is 13.1 Å². The fraction of sp³-hybridized carbons (Fsp3) is 0.450. The predicted octanol–water partition coefficient (Wildman–Crippen LogP) is 3.99. The minimum absolute atomic E-state index is 0. The molecular weight excluding hydrogens is 439 g/mol. The Hall–Kier alpha value is -1.70. The fourth-order valence-electron chi connectivity index (χ4n) is 2.52. The molecule has 1 aromatic carbocycles. The third-order valence-corrected chi connectivity index (χ3v) is 3.69. The molecule has 0 radical (unpaired) electrons. The Labute approximate surface area is 174 Å². The van der Waals surface area contributed by atoms with Gasteiger partial charge in [-0.25, -0.2) is 4.99 Å². The summed E-state index contributed by atoms with van der Waals surface area (Å²) in [5, 5.41) is 6.69. The van der Waals surface area contributed by atoms with Gasteiger partial charge in [-0.3, -0.25) is 0 Å². The monoisotopic (exact) mass is 470 g/mol. The molecule has 0 unspecified atom stereocenters. The Morgan fingerprint density at radius 2 is 2.00 bits per heavy atom. The second-order valence-corrected chi connectivity index (χ2v) is 6.51. The van der Waals surface area contributed by atoms with Crippen LogP contribution in [0.1, 0.15) is 37.5 Å². The minimum Gasteiger partial charge on any atom is -0.491 e. The number of aliphatic imine (C=N–C) groups is 1. The lowest BCUT2D eigenvalue weighted by Crippen LogP contribution is -2.36. The van der Waals surface area contributed by atoms with Crippen molar-refractivity contribution in [1.82, 2.24) is 15.2 Å². The van der Waals surface area contributed by atoms with Crippen molar-refractivity contribution in [2.45, 2.75) is 46.9 Å². The van der Waals surface area contributed by atoms with Crippen molar-refractivity contribution in [3.63, 3.8) is 0 Å². The molecule has 0 spiro atoms. The van der Waals surface area contributed by atoms with Crippen LogP contribution in [0.15, 0.2) is 41.7 Å². The van der Waals surface area contributed by atoms with Crippen molar-refractivity contribution >= 4 is 29.9 Å². The summed E-state index contributed by atoms with van der Waals surface area (Å²) >= 11 is 0. The van der Waals surface area contributed by atoms with Crippen LogP contribution in [0, 0.1) is 6.92 Å². The van der Waals surface area contributed by atoms with Crippen LogP contribution in [0.2, 0.25) is 0 Å². The lowest BCUT2D eigenvalue weighted by atomic mass is 10.1. The van der Waals surface area contributed by atoms with E-state index < -0.39 is 0 Å². The van der Waals surface area contributed by atoms with Crippen molar-refractivity contribution in [3.8, 4) is 5.75 Å². The van der Waals surface area contributed by atoms with Gasteiger partial charge in [0.15, 0.2) is 5.96 Å². The molecule has 1 aromatic heterocycles. The first-order valence-electron chi connectivity index (χ1n) is 8.87. The number of hydrogen-bond donors (Lipinski definition) is 2. The molecule has 0 aliphatic heterocycles. The lowest BCUT2D eigenvalue weighted by molar-refractivity contribution is 0.239. The van der Waals surface area contributed by atoms with Crippen LogP contribution >= 0.6 is 24.0 Å². The van der Waals surface area contributed by atoms with Gasteiger partial charge in [0.05, 0.1) is 12.6 Å². The molecule has 144 valence electrons. The van der Waals surface area contributed by atoms with Gasteiger partial charge in [0.1, 0.15) is 5.75 Å². The van der Waals surface area contributed by atoms with Crippen LogP contribution in [0.3, 0.4) is 0 Å². The first-order valence-corrected chi connectivity index (χ1v) is 8.87. The maximum absolute atomic E-state index is 5.95. The number of aromatic nitrogens is 1. The zero-order chi connectivity index (χ0) is 18.2. The molecular formula is C20H31IN4O. The summed E-state index contributed by atoms with van der Waals surface area (Å²) in [4.78, 5) is 4.66. The number of halogens is 1. The first kappa shape index (κ1) is 22.3. The Morgan fingerprint density at radius 3 is 2.62 bits per heavy atom. The van der Waals surface area contributed by atoms with E-state index in [9.17, 15) is 0 Å². The Bertz CT molecular complexity index is 710. The molecule has 0 bridgehead atoms. The highest BCUT2D eigenvalue weighted by atomic mass is 127. The highest BCUT2D eigenvalue weighted by molar-refractivity contribution is 14.0. The van der Waals surface area contributed by atoms with Crippen LogP contribution < -0.4 is 15.4 Å². The highest BCUT2D eigenvalue weighted by Gasteiger charge is 2.07. The average Bonchev–Trinajstić information content (AvgIpc) is 2.96. The molecule has 0 aliphatic rings. The topological polar surface area (TPSA) is 50.6 Å². The summed E-state index contributed by atoms with van der Waals surface area (Å²) in [7, 11) is 2.02. The quantitative estimate of drug-likeness (QED) is 0.366. The van der Waals surface area contributed by atoms with Crippen molar-refractivity contribution in [2.75, 3.05) is 6.54 Å². The van der Waals surface area contributed by atoms with Gasteiger partial charge in [-0.05, 0) is 51.0 Å². The van der Waals surface area contributed by atoms with Crippen molar-refractivity contribution in [2.24, 2.45) is 12.0 Å². The second-order valence-electron chi connectivity index (χ2n) is 6.51. The van der Waals surface area contributed by atoms with E-state index in [1.54, 1.807) is 0 Å². The normalized spacial score (nSPS) is 11.2. The largest absolute Gasteiger partial charge is 0.491 e. The number of ether oxygens (including phenoxy) is 1. The molecule has 6 heteroatoms. The standard InChI is InChI=1S/C20H30N4O.HI/c1-6-21-20(22-12-17-9-10-24(5)14-17)23-13-18-8-7-16(4)11-19(18)25-15(2)3;/h7-11,14-15H,6,12-13H2,1-5H3,(H2,21,22,23);1H. The fourth-order valence-corrected chi connectivity index (χ4v) is 2.52. The van der Waals surface area contributed by atoms with E-state index in [-0.39, 0.29) is 30.1 Å². The molecule has 2 aromatic rings. The SMILES string of the molecule is CCNC(=NCc1ccn(C)c1)NCc1ccc(C)cc1OC(C)C.I. The summed E-state index contributed by atoms with van der Waals surface area (Å²) in [5.74, 6) is 1.74. The molecule has 2 rings (SSSR count). The summed E-state index contributed by atoms with van der Waals surface area (Å²) in [6, 6.07) is 8.39. The average molecular weight is 470 g/mol. The zero-order valence-electron chi connectivity index (χ0n) is 16.4. The molecule has 0 saturated carbocycles. The Kier molecular flexibility index (Phi) is 9.54. The summed E-state index contributed by atoms with van der Waals surface area (Å²) in [6.45, 7) is 10.4. The number of hydrogen-bond acceptors (Lipinski definition) is 2. The predicted molar refractivity (Wildman–Crippen MR) is 119 cm³/mol. The lowest BCUT2D eigenvalue weighted by Gasteiger charge is -2.17. The summed E-state index contributed by atoms with van der Waals surface area (Å²) < 4.78 is 7.98. The van der Waals surface area contributed by atoms with Crippen molar-refractivity contribution < 1.29 is 4.74 Å². The molecule has 0 fully saturated rings. The van der Waals surface area contributed by atoms with Gasteiger partial charge in [-0.1, -0.05) is 12.1 Å². The van der Waals surface area contributed by atoms with Gasteiger partial charge in [-0.2, -0.15) is 0 Å². The number of nitrogens with one attached hydrogen (secondary N) is 2.